The Labute approximate surface area is 129 Å². The van der Waals surface area contributed by atoms with Crippen LogP contribution in [-0.2, 0) is 9.47 Å². The van der Waals surface area contributed by atoms with Crippen molar-refractivity contribution < 1.29 is 9.47 Å². The monoisotopic (exact) mass is 306 g/mol. The summed E-state index contributed by atoms with van der Waals surface area (Å²) in [5, 5.41) is 5.82. The smallest absolute Gasteiger partial charge is 0.139 e. The van der Waals surface area contributed by atoms with E-state index in [2.05, 4.69) is 10.3 Å². The van der Waals surface area contributed by atoms with Gasteiger partial charge in [-0.1, -0.05) is 35.9 Å². The van der Waals surface area contributed by atoms with Gasteiger partial charge in [-0.05, 0) is 24.3 Å². The van der Waals surface area contributed by atoms with Crippen molar-refractivity contribution in [3.8, 4) is 0 Å². The molecule has 0 radical (unpaired) electrons. The van der Waals surface area contributed by atoms with E-state index in [1.807, 2.05) is 30.3 Å². The van der Waals surface area contributed by atoms with Crippen LogP contribution in [0.15, 0.2) is 30.3 Å². The van der Waals surface area contributed by atoms with Crippen molar-refractivity contribution in [2.75, 3.05) is 31.7 Å². The molecule has 4 nitrogen and oxygen atoms in total. The molecule has 1 aliphatic rings. The van der Waals surface area contributed by atoms with E-state index in [1.165, 1.54) is 0 Å². The summed E-state index contributed by atoms with van der Waals surface area (Å²) in [4.78, 5) is 4.35. The van der Waals surface area contributed by atoms with Gasteiger partial charge in [-0.2, -0.15) is 0 Å². The molecule has 0 amide bonds. The van der Waals surface area contributed by atoms with Crippen LogP contribution in [0.2, 0.25) is 5.15 Å². The summed E-state index contributed by atoms with van der Waals surface area (Å²) in [6.45, 7) is 2.87. The first-order valence-corrected chi connectivity index (χ1v) is 7.69. The Morgan fingerprint density at radius 2 is 2.29 bits per heavy atom. The highest BCUT2D eigenvalue weighted by Gasteiger charge is 2.14. The normalized spacial score (nSPS) is 18.2. The molecule has 5 heteroatoms. The van der Waals surface area contributed by atoms with Gasteiger partial charge in [0.1, 0.15) is 11.0 Å². The number of rotatable bonds is 6. The van der Waals surface area contributed by atoms with Crippen molar-refractivity contribution in [1.29, 1.82) is 0 Å². The van der Waals surface area contributed by atoms with Gasteiger partial charge in [0.05, 0.1) is 19.3 Å². The van der Waals surface area contributed by atoms with Crippen LogP contribution < -0.4 is 5.32 Å². The lowest BCUT2D eigenvalue weighted by Crippen LogP contribution is -2.18. The molecule has 2 aromatic rings. The first-order valence-electron chi connectivity index (χ1n) is 7.31. The number of fused-ring (bicyclic) bond motifs is 1. The molecule has 1 aliphatic heterocycles. The zero-order valence-corrected chi connectivity index (χ0v) is 12.6. The highest BCUT2D eigenvalue weighted by atomic mass is 35.5. The van der Waals surface area contributed by atoms with Crippen LogP contribution in [0.1, 0.15) is 12.8 Å². The zero-order valence-electron chi connectivity index (χ0n) is 11.8. The summed E-state index contributed by atoms with van der Waals surface area (Å²) in [6, 6.07) is 9.96. The van der Waals surface area contributed by atoms with E-state index >= 15 is 0 Å². The van der Waals surface area contributed by atoms with E-state index in [1.54, 1.807) is 0 Å². The van der Waals surface area contributed by atoms with Crippen molar-refractivity contribution in [2.24, 2.45) is 0 Å². The molecule has 1 aromatic heterocycles. The highest BCUT2D eigenvalue weighted by molar-refractivity contribution is 6.34. The SMILES string of the molecule is Clc1nc(NCCOCC2CCCO2)cc2ccccc12. The molecule has 1 N–H and O–H groups in total. The molecule has 2 heterocycles. The Hall–Kier alpha value is -1.36. The van der Waals surface area contributed by atoms with Gasteiger partial charge in [-0.25, -0.2) is 4.98 Å². The number of hydrogen-bond acceptors (Lipinski definition) is 4. The van der Waals surface area contributed by atoms with Crippen molar-refractivity contribution in [3.63, 3.8) is 0 Å². The van der Waals surface area contributed by atoms with Crippen LogP contribution in [0, 0.1) is 0 Å². The van der Waals surface area contributed by atoms with E-state index in [-0.39, 0.29) is 6.10 Å². The fourth-order valence-corrected chi connectivity index (χ4v) is 2.75. The van der Waals surface area contributed by atoms with Crippen LogP contribution in [0.3, 0.4) is 0 Å². The Morgan fingerprint density at radius 3 is 3.14 bits per heavy atom. The predicted molar refractivity (Wildman–Crippen MR) is 85.0 cm³/mol. The number of ether oxygens (including phenoxy) is 2. The fraction of sp³-hybridized carbons (Fsp3) is 0.438. The predicted octanol–water partition coefficient (Wildman–Crippen LogP) is 3.50. The Bertz CT molecular complexity index is 600. The summed E-state index contributed by atoms with van der Waals surface area (Å²) >= 11 is 6.19. The summed E-state index contributed by atoms with van der Waals surface area (Å²) in [6.07, 6.45) is 2.53. The average molecular weight is 307 g/mol. The minimum absolute atomic E-state index is 0.276. The van der Waals surface area contributed by atoms with E-state index in [4.69, 9.17) is 21.1 Å². The number of aromatic nitrogens is 1. The van der Waals surface area contributed by atoms with Gasteiger partial charge in [0.25, 0.3) is 0 Å². The number of halogens is 1. The third-order valence-electron chi connectivity index (χ3n) is 3.57. The standard InChI is InChI=1S/C16H19ClN2O2/c17-16-14-6-2-1-4-12(14)10-15(19-16)18-7-9-20-11-13-5-3-8-21-13/h1-2,4,6,10,13H,3,5,7-9,11H2,(H,18,19). The average Bonchev–Trinajstić information content (AvgIpc) is 3.00. The van der Waals surface area contributed by atoms with Crippen LogP contribution in [-0.4, -0.2) is 37.5 Å². The molecule has 1 fully saturated rings. The Kier molecular flexibility index (Phi) is 4.91. The lowest BCUT2D eigenvalue weighted by atomic mass is 10.2. The summed E-state index contributed by atoms with van der Waals surface area (Å²) in [7, 11) is 0. The fourth-order valence-electron chi connectivity index (χ4n) is 2.49. The molecule has 0 aliphatic carbocycles. The molecule has 21 heavy (non-hydrogen) atoms. The summed E-state index contributed by atoms with van der Waals surface area (Å²) < 4.78 is 11.1. The molecule has 0 saturated carbocycles. The van der Waals surface area contributed by atoms with E-state index in [9.17, 15) is 0 Å². The lowest BCUT2D eigenvalue weighted by molar-refractivity contribution is 0.0206. The third kappa shape index (κ3) is 3.84. The van der Waals surface area contributed by atoms with Gasteiger partial charge >= 0.3 is 0 Å². The molecule has 112 valence electrons. The van der Waals surface area contributed by atoms with Crippen molar-refractivity contribution >= 4 is 28.2 Å². The van der Waals surface area contributed by atoms with Gasteiger partial charge < -0.3 is 14.8 Å². The quantitative estimate of drug-likeness (QED) is 0.655. The molecular formula is C16H19ClN2O2. The largest absolute Gasteiger partial charge is 0.377 e. The molecule has 3 rings (SSSR count). The van der Waals surface area contributed by atoms with Gasteiger partial charge in [-0.15, -0.1) is 0 Å². The third-order valence-corrected chi connectivity index (χ3v) is 3.86. The van der Waals surface area contributed by atoms with Crippen LogP contribution in [0.5, 0.6) is 0 Å². The second-order valence-electron chi connectivity index (χ2n) is 5.16. The van der Waals surface area contributed by atoms with Gasteiger partial charge in [0.2, 0.25) is 0 Å². The number of benzene rings is 1. The minimum Gasteiger partial charge on any atom is -0.377 e. The zero-order chi connectivity index (χ0) is 14.5. The molecular weight excluding hydrogens is 288 g/mol. The maximum absolute atomic E-state index is 6.19. The van der Waals surface area contributed by atoms with Crippen molar-refractivity contribution in [2.45, 2.75) is 18.9 Å². The van der Waals surface area contributed by atoms with Gasteiger partial charge in [0.15, 0.2) is 0 Å². The van der Waals surface area contributed by atoms with E-state index < -0.39 is 0 Å². The highest BCUT2D eigenvalue weighted by Crippen LogP contribution is 2.24. The first kappa shape index (κ1) is 14.6. The Balaban J connectivity index is 1.48. The second-order valence-corrected chi connectivity index (χ2v) is 5.51. The number of nitrogens with zero attached hydrogens (tertiary/aromatic N) is 1. The number of pyridine rings is 1. The minimum atomic E-state index is 0.276. The molecule has 1 saturated heterocycles. The van der Waals surface area contributed by atoms with Crippen molar-refractivity contribution in [1.82, 2.24) is 4.98 Å². The number of anilines is 1. The second kappa shape index (κ2) is 7.07. The molecule has 1 aromatic carbocycles. The van der Waals surface area contributed by atoms with Crippen LogP contribution in [0.4, 0.5) is 5.82 Å². The summed E-state index contributed by atoms with van der Waals surface area (Å²) in [5.41, 5.74) is 0. The number of nitrogens with one attached hydrogen (secondary N) is 1. The molecule has 0 bridgehead atoms. The molecule has 0 spiro atoms. The molecule has 1 unspecified atom stereocenters. The van der Waals surface area contributed by atoms with Crippen LogP contribution in [0.25, 0.3) is 10.8 Å². The molecule has 1 atom stereocenters. The maximum Gasteiger partial charge on any atom is 0.139 e. The number of hydrogen-bond donors (Lipinski definition) is 1. The van der Waals surface area contributed by atoms with Gasteiger partial charge in [0, 0.05) is 18.5 Å². The lowest BCUT2D eigenvalue weighted by Gasteiger charge is -2.11. The van der Waals surface area contributed by atoms with Gasteiger partial charge in [-0.3, -0.25) is 0 Å². The van der Waals surface area contributed by atoms with Crippen LogP contribution >= 0.6 is 11.6 Å². The van der Waals surface area contributed by atoms with E-state index in [0.717, 1.165) is 36.0 Å². The maximum atomic E-state index is 6.19. The Morgan fingerprint density at radius 1 is 1.38 bits per heavy atom. The summed E-state index contributed by atoms with van der Waals surface area (Å²) in [5.74, 6) is 0.777. The topological polar surface area (TPSA) is 43.4 Å². The first-order chi connectivity index (χ1) is 10.3. The van der Waals surface area contributed by atoms with Crippen molar-refractivity contribution in [3.05, 3.63) is 35.5 Å². The van der Waals surface area contributed by atoms with E-state index in [0.29, 0.717) is 24.9 Å².